The highest BCUT2D eigenvalue weighted by molar-refractivity contribution is 5.15. The van der Waals surface area contributed by atoms with Crippen molar-refractivity contribution < 1.29 is 5.48 Å². The van der Waals surface area contributed by atoms with E-state index < -0.39 is 6.98 Å². The molecule has 0 fully saturated rings. The van der Waals surface area contributed by atoms with E-state index in [0.717, 1.165) is 5.56 Å². The molecule has 0 saturated carbocycles. The van der Waals surface area contributed by atoms with E-state index in [0.29, 0.717) is 6.42 Å². The van der Waals surface area contributed by atoms with Gasteiger partial charge in [0, 0.05) is 10.2 Å². The lowest BCUT2D eigenvalue weighted by atomic mass is 10.1. The molecule has 0 bridgehead atoms. The standard InChI is InChI=1S/C13H17N/c1-4-10-14(3)12(2)11-13-8-6-5-7-9-13/h1,5-9,12H,10-11H2,2-3H3/t12-/m1/s1/i1D,3D3. The van der Waals surface area contributed by atoms with E-state index in [-0.39, 0.29) is 12.6 Å². The fourth-order valence-corrected chi connectivity index (χ4v) is 1.31. The maximum atomic E-state index is 7.49. The van der Waals surface area contributed by atoms with E-state index in [1.165, 1.54) is 4.90 Å². The number of benzene rings is 1. The van der Waals surface area contributed by atoms with Crippen LogP contribution < -0.4 is 0 Å². The third-order valence-electron chi connectivity index (χ3n) is 2.16. The molecule has 1 heteroatoms. The summed E-state index contributed by atoms with van der Waals surface area (Å²) < 4.78 is 29.3. The Morgan fingerprint density at radius 3 is 3.00 bits per heavy atom. The molecule has 1 aromatic rings. The molecule has 0 amide bonds. The summed E-state index contributed by atoms with van der Waals surface area (Å²) in [6.07, 6.45) is 2.65. The Balaban J connectivity index is 2.75. The van der Waals surface area contributed by atoms with Gasteiger partial charge in [-0.05, 0) is 25.9 Å². The summed E-state index contributed by atoms with van der Waals surface area (Å²) in [6.45, 7) is -0.225. The quantitative estimate of drug-likeness (QED) is 0.659. The lowest BCUT2D eigenvalue weighted by Crippen LogP contribution is -2.31. The van der Waals surface area contributed by atoms with E-state index >= 15 is 0 Å². The van der Waals surface area contributed by atoms with Gasteiger partial charge in [-0.1, -0.05) is 36.3 Å². The molecule has 0 heterocycles. The molecule has 1 rings (SSSR count). The van der Waals surface area contributed by atoms with E-state index in [4.69, 9.17) is 5.48 Å². The van der Waals surface area contributed by atoms with Gasteiger partial charge in [0.15, 0.2) is 0 Å². The largest absolute Gasteiger partial charge is 0.292 e. The third kappa shape index (κ3) is 3.24. The van der Waals surface area contributed by atoms with Crippen molar-refractivity contribution in [2.45, 2.75) is 19.4 Å². The first kappa shape index (κ1) is 6.27. The van der Waals surface area contributed by atoms with Gasteiger partial charge in [-0.3, -0.25) is 4.90 Å². The van der Waals surface area contributed by atoms with E-state index in [9.17, 15) is 0 Å². The lowest BCUT2D eigenvalue weighted by molar-refractivity contribution is 0.287. The molecular weight excluding hydrogens is 170 g/mol. The summed E-state index contributed by atoms with van der Waals surface area (Å²) in [5.74, 6) is 2.50. The number of hydrogen-bond donors (Lipinski definition) is 0. The summed E-state index contributed by atoms with van der Waals surface area (Å²) in [5.41, 5.74) is 1.10. The first-order chi connectivity index (χ1) is 8.45. The SMILES string of the molecule is [2H]C#CCN([C@H](C)Cc1ccccc1)C([2H])([2H])[2H]. The van der Waals surface area contributed by atoms with Gasteiger partial charge in [0.05, 0.1) is 6.54 Å². The Morgan fingerprint density at radius 2 is 2.36 bits per heavy atom. The van der Waals surface area contributed by atoms with Crippen LogP contribution in [0.15, 0.2) is 30.3 Å². The maximum Gasteiger partial charge on any atom is 0.124 e. The van der Waals surface area contributed by atoms with Crippen LogP contribution in [0.4, 0.5) is 0 Å². The van der Waals surface area contributed by atoms with Gasteiger partial charge in [-0.25, -0.2) is 0 Å². The molecule has 74 valence electrons. The second-order valence-corrected chi connectivity index (χ2v) is 3.34. The van der Waals surface area contributed by atoms with Crippen LogP contribution in [0.25, 0.3) is 0 Å². The molecular formula is C13H17N. The number of nitrogens with zero attached hydrogens (tertiary/aromatic N) is 1. The van der Waals surface area contributed by atoms with E-state index in [1.54, 1.807) is 0 Å². The average molecular weight is 191 g/mol. The molecule has 1 nitrogen and oxygen atoms in total. The zero-order valence-electron chi connectivity index (χ0n) is 12.3. The molecule has 0 aliphatic rings. The Morgan fingerprint density at radius 1 is 1.57 bits per heavy atom. The minimum atomic E-state index is -2.18. The lowest BCUT2D eigenvalue weighted by Gasteiger charge is -2.22. The Kier molecular flexibility index (Phi) is 2.45. The van der Waals surface area contributed by atoms with Crippen molar-refractivity contribution in [3.8, 4) is 12.3 Å². The van der Waals surface area contributed by atoms with Gasteiger partial charge in [-0.2, -0.15) is 0 Å². The normalized spacial score (nSPS) is 17.0. The Hall–Kier alpha value is -1.26. The first-order valence-electron chi connectivity index (χ1n) is 6.65. The molecule has 0 saturated heterocycles. The Bertz CT molecular complexity index is 416. The van der Waals surface area contributed by atoms with Gasteiger partial charge >= 0.3 is 0 Å². The zero-order chi connectivity index (χ0) is 13.6. The average Bonchev–Trinajstić information content (AvgIpc) is 2.29. The summed E-state index contributed by atoms with van der Waals surface area (Å²) in [5, 5.41) is 0. The fraction of sp³-hybridized carbons (Fsp3) is 0.385. The molecule has 0 spiro atoms. The van der Waals surface area contributed by atoms with Crippen molar-refractivity contribution in [3.05, 3.63) is 35.9 Å². The van der Waals surface area contributed by atoms with Crippen molar-refractivity contribution in [2.24, 2.45) is 0 Å². The second kappa shape index (κ2) is 5.47. The van der Waals surface area contributed by atoms with Gasteiger partial charge in [0.1, 0.15) is 1.37 Å². The minimum absolute atomic E-state index is 0.0913. The summed E-state index contributed by atoms with van der Waals surface area (Å²) in [7, 11) is 0. The van der Waals surface area contributed by atoms with Gasteiger partial charge in [-0.15, -0.1) is 6.40 Å². The van der Waals surface area contributed by atoms with Crippen LogP contribution in [-0.4, -0.2) is 24.5 Å². The minimum Gasteiger partial charge on any atom is -0.292 e. The summed E-state index contributed by atoms with van der Waals surface area (Å²) in [4.78, 5) is 1.35. The topological polar surface area (TPSA) is 3.24 Å². The van der Waals surface area contributed by atoms with Crippen LogP contribution in [0.3, 0.4) is 0 Å². The van der Waals surface area contributed by atoms with Crippen LogP contribution in [0.2, 0.25) is 0 Å². The highest BCUT2D eigenvalue weighted by Crippen LogP contribution is 2.06. The molecule has 0 radical (unpaired) electrons. The van der Waals surface area contributed by atoms with Crippen molar-refractivity contribution >= 4 is 0 Å². The van der Waals surface area contributed by atoms with Crippen LogP contribution >= 0.6 is 0 Å². The number of rotatable bonds is 4. The van der Waals surface area contributed by atoms with Gasteiger partial charge < -0.3 is 0 Å². The molecule has 1 aromatic carbocycles. The van der Waals surface area contributed by atoms with Crippen LogP contribution in [-0.2, 0) is 6.42 Å². The van der Waals surface area contributed by atoms with E-state index in [1.807, 2.05) is 43.7 Å². The molecule has 0 N–H and O–H groups in total. The highest BCUT2D eigenvalue weighted by atomic mass is 15.1. The monoisotopic (exact) mass is 191 g/mol. The van der Waals surface area contributed by atoms with Crippen molar-refractivity contribution in [1.82, 2.24) is 4.90 Å². The van der Waals surface area contributed by atoms with Gasteiger partial charge in [0.2, 0.25) is 0 Å². The number of likely N-dealkylation sites (N-methyl/N-ethyl adjacent to an activating group) is 1. The second-order valence-electron chi connectivity index (χ2n) is 3.34. The molecule has 14 heavy (non-hydrogen) atoms. The number of hydrogen-bond acceptors (Lipinski definition) is 1. The zero-order valence-corrected chi connectivity index (χ0v) is 8.33. The molecule has 0 aliphatic heterocycles. The van der Waals surface area contributed by atoms with Gasteiger partial charge in [0.25, 0.3) is 0 Å². The number of terminal acetylenes is 1. The van der Waals surface area contributed by atoms with Crippen molar-refractivity contribution in [2.75, 3.05) is 13.5 Å². The van der Waals surface area contributed by atoms with Crippen LogP contribution in [0.1, 0.15) is 18.0 Å². The molecule has 0 unspecified atom stereocenters. The smallest absolute Gasteiger partial charge is 0.124 e. The van der Waals surface area contributed by atoms with E-state index in [2.05, 4.69) is 5.92 Å². The maximum absolute atomic E-state index is 7.49. The molecule has 1 atom stereocenters. The molecule has 0 aliphatic carbocycles. The van der Waals surface area contributed by atoms with Crippen LogP contribution in [0, 0.1) is 12.3 Å². The highest BCUT2D eigenvalue weighted by Gasteiger charge is 2.07. The predicted octanol–water partition coefficient (Wildman–Crippen LogP) is 2.18. The molecule has 0 aromatic heterocycles. The first-order valence-corrected chi connectivity index (χ1v) is 4.65. The predicted molar refractivity (Wildman–Crippen MR) is 61.1 cm³/mol. The summed E-state index contributed by atoms with van der Waals surface area (Å²) in [6, 6.07) is 9.60. The van der Waals surface area contributed by atoms with Crippen molar-refractivity contribution in [1.29, 1.82) is 0 Å². The Labute approximate surface area is 92.4 Å². The van der Waals surface area contributed by atoms with Crippen LogP contribution in [0.5, 0.6) is 0 Å². The summed E-state index contributed by atoms with van der Waals surface area (Å²) >= 11 is 0. The van der Waals surface area contributed by atoms with Crippen molar-refractivity contribution in [3.63, 3.8) is 0 Å². The third-order valence-corrected chi connectivity index (χ3v) is 2.16. The fourth-order valence-electron chi connectivity index (χ4n) is 1.31.